The minimum atomic E-state index is -0.842. The van der Waals surface area contributed by atoms with E-state index in [2.05, 4.69) is 17.6 Å². The smallest absolute Gasteiger partial charge is 0.408 e. The molecule has 0 heterocycles. The van der Waals surface area contributed by atoms with Gasteiger partial charge in [0.25, 0.3) is 0 Å². The van der Waals surface area contributed by atoms with E-state index in [1.54, 1.807) is 25.7 Å². The van der Waals surface area contributed by atoms with Crippen LogP contribution >= 0.6 is 0 Å². The van der Waals surface area contributed by atoms with Crippen LogP contribution < -0.4 is 10.6 Å². The molecule has 0 aromatic heterocycles. The van der Waals surface area contributed by atoms with Gasteiger partial charge in [0, 0.05) is 12.1 Å². The van der Waals surface area contributed by atoms with E-state index in [1.165, 1.54) is 0 Å². The predicted octanol–water partition coefficient (Wildman–Crippen LogP) is 6.22. The van der Waals surface area contributed by atoms with Crippen LogP contribution in [0.15, 0.2) is 18.2 Å². The van der Waals surface area contributed by atoms with Crippen molar-refractivity contribution in [3.8, 4) is 0 Å². The molecule has 0 fully saturated rings. The van der Waals surface area contributed by atoms with Crippen molar-refractivity contribution in [2.45, 2.75) is 125 Å². The van der Waals surface area contributed by atoms with Crippen LogP contribution in [0.3, 0.4) is 0 Å². The number of unbranched alkanes of at least 4 members (excludes halogenated alkanes) is 2. The Morgan fingerprint density at radius 1 is 0.973 bits per heavy atom. The van der Waals surface area contributed by atoms with E-state index >= 15 is 0 Å². The fourth-order valence-electron chi connectivity index (χ4n) is 4.48. The second-order valence-corrected chi connectivity index (χ2v) is 12.4. The van der Waals surface area contributed by atoms with Crippen LogP contribution in [-0.4, -0.2) is 46.5 Å². The summed E-state index contributed by atoms with van der Waals surface area (Å²) in [5, 5.41) is 5.89. The summed E-state index contributed by atoms with van der Waals surface area (Å²) in [4.78, 5) is 42.5. The minimum absolute atomic E-state index is 0.132. The van der Waals surface area contributed by atoms with Crippen molar-refractivity contribution in [1.29, 1.82) is 0 Å². The Morgan fingerprint density at radius 3 is 2.00 bits per heavy atom. The van der Waals surface area contributed by atoms with Crippen molar-refractivity contribution in [3.05, 3.63) is 34.9 Å². The van der Waals surface area contributed by atoms with Gasteiger partial charge in [0.1, 0.15) is 17.7 Å². The van der Waals surface area contributed by atoms with Gasteiger partial charge >= 0.3 is 6.09 Å². The maximum absolute atomic E-state index is 14.3. The first-order chi connectivity index (χ1) is 17.0. The van der Waals surface area contributed by atoms with Gasteiger partial charge in [-0.1, -0.05) is 51.8 Å². The highest BCUT2D eigenvalue weighted by Crippen LogP contribution is 2.34. The van der Waals surface area contributed by atoms with E-state index in [4.69, 9.17) is 4.74 Å². The molecule has 37 heavy (non-hydrogen) atoms. The summed E-state index contributed by atoms with van der Waals surface area (Å²) in [5.41, 5.74) is 1.30. The zero-order valence-corrected chi connectivity index (χ0v) is 25.1. The third-order valence-corrected chi connectivity index (χ3v) is 6.06. The average Bonchev–Trinajstić information content (AvgIpc) is 2.72. The molecule has 0 spiro atoms. The van der Waals surface area contributed by atoms with Crippen molar-refractivity contribution in [1.82, 2.24) is 15.5 Å². The largest absolute Gasteiger partial charge is 0.444 e. The van der Waals surface area contributed by atoms with Crippen LogP contribution in [0.25, 0.3) is 0 Å². The Labute approximate surface area is 225 Å². The lowest BCUT2D eigenvalue weighted by molar-refractivity contribution is -0.148. The highest BCUT2D eigenvalue weighted by Gasteiger charge is 2.42. The van der Waals surface area contributed by atoms with E-state index < -0.39 is 29.3 Å². The third-order valence-electron chi connectivity index (χ3n) is 6.06. The molecule has 0 aliphatic rings. The number of benzene rings is 1. The summed E-state index contributed by atoms with van der Waals surface area (Å²) in [5.74, 6) is -0.381. The second-order valence-electron chi connectivity index (χ2n) is 12.4. The summed E-state index contributed by atoms with van der Waals surface area (Å²) in [6.07, 6.45) is 2.72. The molecular formula is C30H51N3O4. The summed E-state index contributed by atoms with van der Waals surface area (Å²) in [7, 11) is 0. The lowest BCUT2D eigenvalue weighted by Crippen LogP contribution is -2.59. The maximum atomic E-state index is 14.3. The molecule has 2 atom stereocenters. The van der Waals surface area contributed by atoms with Crippen LogP contribution in [0.1, 0.15) is 111 Å². The van der Waals surface area contributed by atoms with E-state index in [-0.39, 0.29) is 17.7 Å². The zero-order chi connectivity index (χ0) is 28.6. The van der Waals surface area contributed by atoms with E-state index in [1.807, 2.05) is 66.7 Å². The highest BCUT2D eigenvalue weighted by molar-refractivity contribution is 5.93. The van der Waals surface area contributed by atoms with Crippen molar-refractivity contribution >= 4 is 17.9 Å². The zero-order valence-electron chi connectivity index (χ0n) is 25.1. The van der Waals surface area contributed by atoms with Crippen LogP contribution in [0, 0.1) is 19.8 Å². The average molecular weight is 518 g/mol. The molecule has 0 radical (unpaired) electrons. The number of ether oxygens (including phenoxy) is 1. The molecular weight excluding hydrogens is 466 g/mol. The molecule has 7 heteroatoms. The molecule has 7 nitrogen and oxygen atoms in total. The predicted molar refractivity (Wildman–Crippen MR) is 150 cm³/mol. The molecule has 0 aliphatic carbocycles. The standard InChI is InChI=1S/C30H51N3O4/c1-12-13-14-18-31-26(34)25(24-21(4)16-15-17-22(24)5)33(29(6,7)8)27(35)23(19-20(2)3)32-28(36)37-30(9,10)11/h15-17,20,23,25H,12-14,18-19H2,1-11H3,(H,31,34)(H,32,36). The van der Waals surface area contributed by atoms with Gasteiger partial charge in [-0.25, -0.2) is 4.79 Å². The van der Waals surface area contributed by atoms with Gasteiger partial charge in [-0.05, 0) is 90.8 Å². The monoisotopic (exact) mass is 517 g/mol. The minimum Gasteiger partial charge on any atom is -0.444 e. The summed E-state index contributed by atoms with van der Waals surface area (Å²) < 4.78 is 5.47. The number of carbonyl (C=O) groups excluding carboxylic acids is 3. The Balaban J connectivity index is 3.60. The van der Waals surface area contributed by atoms with Crippen LogP contribution in [0.5, 0.6) is 0 Å². The number of carbonyl (C=O) groups is 3. The first-order valence-electron chi connectivity index (χ1n) is 13.7. The molecule has 0 saturated carbocycles. The van der Waals surface area contributed by atoms with Crippen LogP contribution in [0.4, 0.5) is 4.79 Å². The molecule has 0 aliphatic heterocycles. The van der Waals surface area contributed by atoms with E-state index in [9.17, 15) is 14.4 Å². The summed E-state index contributed by atoms with van der Waals surface area (Å²) in [6.45, 7) is 21.7. The fourth-order valence-corrected chi connectivity index (χ4v) is 4.48. The molecule has 2 N–H and O–H groups in total. The molecule has 0 saturated heterocycles. The van der Waals surface area contributed by atoms with Crippen LogP contribution in [-0.2, 0) is 14.3 Å². The number of hydrogen-bond acceptors (Lipinski definition) is 4. The number of nitrogens with zero attached hydrogens (tertiary/aromatic N) is 1. The fraction of sp³-hybridized carbons (Fsp3) is 0.700. The van der Waals surface area contributed by atoms with Gasteiger partial charge in [0.15, 0.2) is 0 Å². The number of alkyl carbamates (subject to hydrolysis) is 1. The SMILES string of the molecule is CCCCCNC(=O)C(c1c(C)cccc1C)N(C(=O)C(CC(C)C)NC(=O)OC(C)(C)C)C(C)(C)C. The normalized spacial score (nSPS) is 13.6. The second kappa shape index (κ2) is 13.8. The van der Waals surface area contributed by atoms with E-state index in [0.717, 1.165) is 36.0 Å². The molecule has 3 amide bonds. The molecule has 1 rings (SSSR count). The number of rotatable bonds is 11. The van der Waals surface area contributed by atoms with Gasteiger partial charge in [-0.3, -0.25) is 9.59 Å². The maximum Gasteiger partial charge on any atom is 0.408 e. The van der Waals surface area contributed by atoms with Gasteiger partial charge in [-0.2, -0.15) is 0 Å². The number of aryl methyl sites for hydroxylation is 2. The Hall–Kier alpha value is -2.57. The van der Waals surface area contributed by atoms with Gasteiger partial charge in [0.05, 0.1) is 0 Å². The quantitative estimate of drug-likeness (QED) is 0.341. The van der Waals surface area contributed by atoms with Gasteiger partial charge in [0.2, 0.25) is 11.8 Å². The Bertz CT molecular complexity index is 892. The van der Waals surface area contributed by atoms with Crippen molar-refractivity contribution in [3.63, 3.8) is 0 Å². The molecule has 2 unspecified atom stereocenters. The van der Waals surface area contributed by atoms with Gasteiger partial charge < -0.3 is 20.3 Å². The number of nitrogens with one attached hydrogen (secondary N) is 2. The lowest BCUT2D eigenvalue weighted by Gasteiger charge is -2.44. The first kappa shape index (κ1) is 32.5. The molecule has 0 bridgehead atoms. The molecule has 210 valence electrons. The third kappa shape index (κ3) is 10.4. The first-order valence-corrected chi connectivity index (χ1v) is 13.7. The topological polar surface area (TPSA) is 87.7 Å². The van der Waals surface area contributed by atoms with Gasteiger partial charge in [-0.15, -0.1) is 0 Å². The number of hydrogen-bond donors (Lipinski definition) is 2. The molecule has 1 aromatic carbocycles. The lowest BCUT2D eigenvalue weighted by atomic mass is 9.89. The van der Waals surface area contributed by atoms with Crippen molar-refractivity contribution < 1.29 is 19.1 Å². The number of amides is 3. The van der Waals surface area contributed by atoms with E-state index in [0.29, 0.717) is 13.0 Å². The Kier molecular flexibility index (Phi) is 12.1. The van der Waals surface area contributed by atoms with Crippen molar-refractivity contribution in [2.75, 3.05) is 6.54 Å². The summed E-state index contributed by atoms with van der Waals surface area (Å²) >= 11 is 0. The van der Waals surface area contributed by atoms with Crippen molar-refractivity contribution in [2.24, 2.45) is 5.92 Å². The van der Waals surface area contributed by atoms with Crippen LogP contribution in [0.2, 0.25) is 0 Å². The Morgan fingerprint density at radius 2 is 1.54 bits per heavy atom. The molecule has 1 aromatic rings. The highest BCUT2D eigenvalue weighted by atomic mass is 16.6. The summed E-state index contributed by atoms with van der Waals surface area (Å²) in [6, 6.07) is 4.21.